The van der Waals surface area contributed by atoms with E-state index in [-0.39, 0.29) is 5.09 Å². The minimum atomic E-state index is -3.55. The van der Waals surface area contributed by atoms with Gasteiger partial charge in [-0.3, -0.25) is 4.90 Å². The molecule has 0 aliphatic heterocycles. The first kappa shape index (κ1) is 17.7. The highest BCUT2D eigenvalue weighted by Gasteiger charge is 2.22. The third-order valence-corrected chi connectivity index (χ3v) is 5.01. The molecule has 0 saturated carbocycles. The SMILES string of the molecule is COCCN(Cc1ccco1)Cc1ccc(S(=O)(=O)N(C)C)o1. The molecule has 2 aromatic heterocycles. The van der Waals surface area contributed by atoms with Crippen molar-refractivity contribution in [3.8, 4) is 0 Å². The van der Waals surface area contributed by atoms with Crippen molar-refractivity contribution in [1.82, 2.24) is 9.21 Å². The standard InChI is InChI=1S/C15H22N2O5S/c1-16(2)23(18,19)15-7-6-14(22-15)12-17(8-10-20-3)11-13-5-4-9-21-13/h4-7,9H,8,10-12H2,1-3H3. The molecule has 0 atom stereocenters. The summed E-state index contributed by atoms with van der Waals surface area (Å²) in [5.74, 6) is 1.40. The van der Waals surface area contributed by atoms with E-state index >= 15 is 0 Å². The summed E-state index contributed by atoms with van der Waals surface area (Å²) in [5.41, 5.74) is 0. The molecular formula is C15H22N2O5S. The predicted molar refractivity (Wildman–Crippen MR) is 84.3 cm³/mol. The molecule has 0 bridgehead atoms. The molecule has 0 saturated heterocycles. The minimum absolute atomic E-state index is 0.0535. The van der Waals surface area contributed by atoms with Crippen LogP contribution >= 0.6 is 0 Å². The van der Waals surface area contributed by atoms with Gasteiger partial charge in [-0.2, -0.15) is 0 Å². The lowest BCUT2D eigenvalue weighted by Gasteiger charge is -2.19. The fourth-order valence-electron chi connectivity index (χ4n) is 2.04. The van der Waals surface area contributed by atoms with E-state index in [9.17, 15) is 8.42 Å². The fraction of sp³-hybridized carbons (Fsp3) is 0.467. The molecule has 23 heavy (non-hydrogen) atoms. The summed E-state index contributed by atoms with van der Waals surface area (Å²) in [4.78, 5) is 2.06. The maximum Gasteiger partial charge on any atom is 0.275 e. The number of sulfonamides is 1. The second kappa shape index (κ2) is 7.78. The molecule has 0 radical (unpaired) electrons. The van der Waals surface area contributed by atoms with Crippen LogP contribution in [0, 0.1) is 0 Å². The minimum Gasteiger partial charge on any atom is -0.468 e. The van der Waals surface area contributed by atoms with Gasteiger partial charge in [0.25, 0.3) is 10.0 Å². The van der Waals surface area contributed by atoms with E-state index in [1.807, 2.05) is 12.1 Å². The molecule has 0 spiro atoms. The van der Waals surface area contributed by atoms with Gasteiger partial charge in [-0.05, 0) is 24.3 Å². The van der Waals surface area contributed by atoms with Gasteiger partial charge < -0.3 is 13.6 Å². The smallest absolute Gasteiger partial charge is 0.275 e. The highest BCUT2D eigenvalue weighted by atomic mass is 32.2. The van der Waals surface area contributed by atoms with Gasteiger partial charge in [-0.25, -0.2) is 12.7 Å². The molecule has 2 heterocycles. The highest BCUT2D eigenvalue weighted by Crippen LogP contribution is 2.19. The van der Waals surface area contributed by atoms with Crippen molar-refractivity contribution in [3.63, 3.8) is 0 Å². The average Bonchev–Trinajstić information content (AvgIpc) is 3.16. The summed E-state index contributed by atoms with van der Waals surface area (Å²) in [5, 5.41) is -0.0535. The molecule has 0 unspecified atom stereocenters. The Kier molecular flexibility index (Phi) is 6.00. The molecule has 8 heteroatoms. The Morgan fingerprint density at radius 3 is 2.48 bits per heavy atom. The van der Waals surface area contributed by atoms with Crippen LogP contribution in [0.25, 0.3) is 0 Å². The van der Waals surface area contributed by atoms with Crippen LogP contribution in [0.15, 0.2) is 44.5 Å². The number of methoxy groups -OCH3 is 1. The molecule has 0 amide bonds. The zero-order valence-corrected chi connectivity index (χ0v) is 14.4. The first-order valence-corrected chi connectivity index (χ1v) is 8.62. The molecule has 2 aromatic rings. The summed E-state index contributed by atoms with van der Waals surface area (Å²) >= 11 is 0. The van der Waals surface area contributed by atoms with Crippen LogP contribution in [-0.4, -0.2) is 52.0 Å². The first-order valence-electron chi connectivity index (χ1n) is 7.18. The number of furan rings is 2. The van der Waals surface area contributed by atoms with E-state index in [0.29, 0.717) is 32.0 Å². The average molecular weight is 342 g/mol. The molecule has 0 aliphatic carbocycles. The quantitative estimate of drug-likeness (QED) is 0.691. The van der Waals surface area contributed by atoms with Gasteiger partial charge in [0.05, 0.1) is 26.0 Å². The number of hydrogen-bond donors (Lipinski definition) is 0. The molecule has 0 aromatic carbocycles. The van der Waals surface area contributed by atoms with Gasteiger partial charge in [0.1, 0.15) is 11.5 Å². The molecular weight excluding hydrogens is 320 g/mol. The lowest BCUT2D eigenvalue weighted by atomic mass is 10.3. The largest absolute Gasteiger partial charge is 0.468 e. The van der Waals surface area contributed by atoms with Crippen LogP contribution < -0.4 is 0 Å². The van der Waals surface area contributed by atoms with Crippen molar-refractivity contribution in [2.75, 3.05) is 34.4 Å². The first-order chi connectivity index (χ1) is 10.9. The summed E-state index contributed by atoms with van der Waals surface area (Å²) in [6, 6.07) is 6.88. The third-order valence-electron chi connectivity index (χ3n) is 3.32. The van der Waals surface area contributed by atoms with Crippen molar-refractivity contribution < 1.29 is 22.0 Å². The highest BCUT2D eigenvalue weighted by molar-refractivity contribution is 7.88. The second-order valence-electron chi connectivity index (χ2n) is 5.29. The van der Waals surface area contributed by atoms with E-state index < -0.39 is 10.0 Å². The third kappa shape index (κ3) is 4.68. The lowest BCUT2D eigenvalue weighted by molar-refractivity contribution is 0.128. The second-order valence-corrected chi connectivity index (χ2v) is 7.37. The Balaban J connectivity index is 2.09. The number of rotatable bonds is 9. The zero-order valence-electron chi connectivity index (χ0n) is 13.6. The summed E-state index contributed by atoms with van der Waals surface area (Å²) in [6.45, 7) is 2.29. The number of nitrogens with zero attached hydrogens (tertiary/aromatic N) is 2. The molecule has 0 N–H and O–H groups in total. The number of ether oxygens (including phenoxy) is 1. The Bertz CT molecular complexity index is 691. The zero-order chi connectivity index (χ0) is 16.9. The molecule has 7 nitrogen and oxygen atoms in total. The molecule has 128 valence electrons. The van der Waals surface area contributed by atoms with E-state index in [4.69, 9.17) is 13.6 Å². The molecule has 0 aliphatic rings. The van der Waals surface area contributed by atoms with Gasteiger partial charge in [0.15, 0.2) is 0 Å². The Labute approximate surface area is 136 Å². The van der Waals surface area contributed by atoms with E-state index in [0.717, 1.165) is 10.1 Å². The van der Waals surface area contributed by atoms with Gasteiger partial charge >= 0.3 is 0 Å². The van der Waals surface area contributed by atoms with Gasteiger partial charge in [0.2, 0.25) is 5.09 Å². The van der Waals surface area contributed by atoms with Crippen LogP contribution in [0.1, 0.15) is 11.5 Å². The Morgan fingerprint density at radius 2 is 1.87 bits per heavy atom. The van der Waals surface area contributed by atoms with Crippen molar-refractivity contribution in [2.24, 2.45) is 0 Å². The summed E-state index contributed by atoms with van der Waals surface area (Å²) in [7, 11) is 1.03. The van der Waals surface area contributed by atoms with Crippen LogP contribution in [0.5, 0.6) is 0 Å². The van der Waals surface area contributed by atoms with Crippen LogP contribution in [0.4, 0.5) is 0 Å². The number of hydrogen-bond acceptors (Lipinski definition) is 6. The van der Waals surface area contributed by atoms with E-state index in [2.05, 4.69) is 4.90 Å². The maximum absolute atomic E-state index is 12.0. The lowest BCUT2D eigenvalue weighted by Crippen LogP contribution is -2.26. The topological polar surface area (TPSA) is 76.1 Å². The normalized spacial score (nSPS) is 12.4. The van der Waals surface area contributed by atoms with Crippen molar-refractivity contribution in [2.45, 2.75) is 18.2 Å². The van der Waals surface area contributed by atoms with Gasteiger partial charge in [0, 0.05) is 27.7 Å². The van der Waals surface area contributed by atoms with Crippen molar-refractivity contribution in [3.05, 3.63) is 42.0 Å². The maximum atomic E-state index is 12.0. The van der Waals surface area contributed by atoms with Crippen LogP contribution in [-0.2, 0) is 27.8 Å². The van der Waals surface area contributed by atoms with Gasteiger partial charge in [-0.15, -0.1) is 0 Å². The van der Waals surface area contributed by atoms with E-state index in [1.165, 1.54) is 20.2 Å². The Hall–Kier alpha value is -1.61. The Morgan fingerprint density at radius 1 is 1.13 bits per heavy atom. The van der Waals surface area contributed by atoms with Gasteiger partial charge in [-0.1, -0.05) is 0 Å². The summed E-state index contributed by atoms with van der Waals surface area (Å²) in [6.07, 6.45) is 1.62. The predicted octanol–water partition coefficient (Wildman–Crippen LogP) is 1.77. The van der Waals surface area contributed by atoms with Crippen molar-refractivity contribution in [1.29, 1.82) is 0 Å². The van der Waals surface area contributed by atoms with E-state index in [1.54, 1.807) is 19.4 Å². The van der Waals surface area contributed by atoms with Crippen molar-refractivity contribution >= 4 is 10.0 Å². The monoisotopic (exact) mass is 342 g/mol. The molecule has 2 rings (SSSR count). The molecule has 0 fully saturated rings. The van der Waals surface area contributed by atoms with Crippen LogP contribution in [0.3, 0.4) is 0 Å². The summed E-state index contributed by atoms with van der Waals surface area (Å²) < 4.78 is 41.2. The fourth-order valence-corrected chi connectivity index (χ4v) is 2.85. The van der Waals surface area contributed by atoms with Crippen LogP contribution in [0.2, 0.25) is 0 Å².